The van der Waals surface area contributed by atoms with Crippen LogP contribution in [0.2, 0.25) is 0 Å². The maximum atomic E-state index is 11.5. The van der Waals surface area contributed by atoms with Gasteiger partial charge in [0.15, 0.2) is 5.78 Å². The van der Waals surface area contributed by atoms with E-state index in [-0.39, 0.29) is 5.78 Å². The highest BCUT2D eigenvalue weighted by atomic mass is 32.1. The quantitative estimate of drug-likeness (QED) is 0.813. The van der Waals surface area contributed by atoms with Crippen molar-refractivity contribution in [1.29, 1.82) is 0 Å². The van der Waals surface area contributed by atoms with Gasteiger partial charge < -0.3 is 5.32 Å². The summed E-state index contributed by atoms with van der Waals surface area (Å²) in [6.07, 6.45) is 0.557. The zero-order valence-corrected chi connectivity index (χ0v) is 11.5. The Morgan fingerprint density at radius 1 is 1.22 bits per heavy atom. The van der Waals surface area contributed by atoms with Crippen LogP contribution in [0.15, 0.2) is 35.7 Å². The molecule has 0 aliphatic heterocycles. The van der Waals surface area contributed by atoms with Gasteiger partial charge in [-0.1, -0.05) is 6.92 Å². The van der Waals surface area contributed by atoms with Crippen LogP contribution in [-0.4, -0.2) is 5.78 Å². The second-order valence-electron chi connectivity index (χ2n) is 4.23. The average Bonchev–Trinajstić information content (AvgIpc) is 2.81. The maximum Gasteiger partial charge on any atom is 0.162 e. The number of aryl methyl sites for hydroxylation is 1. The number of carbonyl (C=O) groups is 1. The summed E-state index contributed by atoms with van der Waals surface area (Å²) in [7, 11) is 0. The van der Waals surface area contributed by atoms with E-state index in [4.69, 9.17) is 0 Å². The van der Waals surface area contributed by atoms with E-state index >= 15 is 0 Å². The van der Waals surface area contributed by atoms with Crippen LogP contribution in [-0.2, 0) is 6.54 Å². The van der Waals surface area contributed by atoms with E-state index in [2.05, 4.69) is 23.7 Å². The molecular formula is C15H17NOS. The Bertz CT molecular complexity index is 528. The SMILES string of the molecule is CCC(=O)c1ccc(NCc2sccc2C)cc1. The number of thiophene rings is 1. The molecule has 0 unspecified atom stereocenters. The first-order valence-electron chi connectivity index (χ1n) is 6.11. The summed E-state index contributed by atoms with van der Waals surface area (Å²) < 4.78 is 0. The molecule has 18 heavy (non-hydrogen) atoms. The van der Waals surface area contributed by atoms with Crippen LogP contribution in [0.25, 0.3) is 0 Å². The lowest BCUT2D eigenvalue weighted by atomic mass is 10.1. The maximum absolute atomic E-state index is 11.5. The summed E-state index contributed by atoms with van der Waals surface area (Å²) in [5.41, 5.74) is 3.16. The number of hydrogen-bond acceptors (Lipinski definition) is 3. The molecule has 1 aromatic carbocycles. The molecule has 0 radical (unpaired) electrons. The van der Waals surface area contributed by atoms with E-state index < -0.39 is 0 Å². The molecule has 0 saturated heterocycles. The molecule has 94 valence electrons. The lowest BCUT2D eigenvalue weighted by Gasteiger charge is -2.06. The van der Waals surface area contributed by atoms with Crippen molar-refractivity contribution in [3.05, 3.63) is 51.7 Å². The smallest absolute Gasteiger partial charge is 0.162 e. The van der Waals surface area contributed by atoms with Gasteiger partial charge in [-0.15, -0.1) is 11.3 Å². The van der Waals surface area contributed by atoms with Crippen molar-refractivity contribution in [3.8, 4) is 0 Å². The highest BCUT2D eigenvalue weighted by Gasteiger charge is 2.03. The molecule has 0 atom stereocenters. The minimum Gasteiger partial charge on any atom is -0.380 e. The van der Waals surface area contributed by atoms with Crippen molar-refractivity contribution >= 4 is 22.8 Å². The second-order valence-corrected chi connectivity index (χ2v) is 5.24. The second kappa shape index (κ2) is 5.83. The molecule has 0 saturated carbocycles. The Labute approximate surface area is 112 Å². The van der Waals surface area contributed by atoms with Crippen LogP contribution in [0.5, 0.6) is 0 Å². The Balaban J connectivity index is 1.98. The van der Waals surface area contributed by atoms with Crippen molar-refractivity contribution in [2.45, 2.75) is 26.8 Å². The fourth-order valence-electron chi connectivity index (χ4n) is 1.75. The minimum absolute atomic E-state index is 0.190. The topological polar surface area (TPSA) is 29.1 Å². The van der Waals surface area contributed by atoms with E-state index in [1.54, 1.807) is 11.3 Å². The largest absolute Gasteiger partial charge is 0.380 e. The van der Waals surface area contributed by atoms with Crippen LogP contribution in [0.3, 0.4) is 0 Å². The Morgan fingerprint density at radius 2 is 1.94 bits per heavy atom. The molecule has 1 heterocycles. The normalized spacial score (nSPS) is 10.3. The molecule has 1 aromatic heterocycles. The molecule has 0 fully saturated rings. The van der Waals surface area contributed by atoms with Gasteiger partial charge in [-0.25, -0.2) is 0 Å². The van der Waals surface area contributed by atoms with Crippen molar-refractivity contribution in [2.24, 2.45) is 0 Å². The molecule has 0 amide bonds. The highest BCUT2D eigenvalue weighted by Crippen LogP contribution is 2.18. The van der Waals surface area contributed by atoms with Crippen molar-refractivity contribution < 1.29 is 4.79 Å². The van der Waals surface area contributed by atoms with Crippen LogP contribution in [0.1, 0.15) is 34.1 Å². The molecule has 0 aliphatic carbocycles. The lowest BCUT2D eigenvalue weighted by Crippen LogP contribution is -2.00. The first-order valence-corrected chi connectivity index (χ1v) is 6.98. The van der Waals surface area contributed by atoms with E-state index in [9.17, 15) is 4.79 Å². The summed E-state index contributed by atoms with van der Waals surface area (Å²) in [5, 5.41) is 5.48. The van der Waals surface area contributed by atoms with E-state index in [0.717, 1.165) is 17.8 Å². The van der Waals surface area contributed by atoms with Gasteiger partial charge in [-0.2, -0.15) is 0 Å². The fourth-order valence-corrected chi connectivity index (χ4v) is 2.59. The van der Waals surface area contributed by atoms with Crippen molar-refractivity contribution in [3.63, 3.8) is 0 Å². The third kappa shape index (κ3) is 2.99. The zero-order chi connectivity index (χ0) is 13.0. The predicted octanol–water partition coefficient (Wildman–Crippen LogP) is 4.26. The Hall–Kier alpha value is -1.61. The van der Waals surface area contributed by atoms with Gasteiger partial charge in [-0.3, -0.25) is 4.79 Å². The summed E-state index contributed by atoms with van der Waals surface area (Å²) in [4.78, 5) is 12.8. The summed E-state index contributed by atoms with van der Waals surface area (Å²) in [5.74, 6) is 0.190. The predicted molar refractivity (Wildman–Crippen MR) is 77.4 cm³/mol. The van der Waals surface area contributed by atoms with E-state index in [0.29, 0.717) is 6.42 Å². The van der Waals surface area contributed by atoms with Crippen LogP contribution >= 0.6 is 11.3 Å². The molecule has 1 N–H and O–H groups in total. The van der Waals surface area contributed by atoms with Crippen LogP contribution in [0, 0.1) is 6.92 Å². The summed E-state index contributed by atoms with van der Waals surface area (Å²) in [6.45, 7) is 4.84. The zero-order valence-electron chi connectivity index (χ0n) is 10.7. The standard InChI is InChI=1S/C15H17NOS/c1-3-14(17)12-4-6-13(7-5-12)16-10-15-11(2)8-9-18-15/h4-9,16H,3,10H2,1-2H3. The van der Waals surface area contributed by atoms with Crippen LogP contribution < -0.4 is 5.32 Å². The molecule has 0 aliphatic rings. The molecule has 2 aromatic rings. The van der Waals surface area contributed by atoms with E-state index in [1.807, 2.05) is 31.2 Å². The summed E-state index contributed by atoms with van der Waals surface area (Å²) in [6, 6.07) is 9.83. The van der Waals surface area contributed by atoms with E-state index in [1.165, 1.54) is 10.4 Å². The Kier molecular flexibility index (Phi) is 4.15. The molecular weight excluding hydrogens is 242 g/mol. The monoisotopic (exact) mass is 259 g/mol. The molecule has 0 bridgehead atoms. The fraction of sp³-hybridized carbons (Fsp3) is 0.267. The number of benzene rings is 1. The minimum atomic E-state index is 0.190. The Morgan fingerprint density at radius 3 is 2.50 bits per heavy atom. The van der Waals surface area contributed by atoms with Gasteiger partial charge in [0.1, 0.15) is 0 Å². The van der Waals surface area contributed by atoms with Gasteiger partial charge in [0, 0.05) is 29.1 Å². The number of ketones is 1. The third-order valence-electron chi connectivity index (χ3n) is 2.95. The number of anilines is 1. The number of hydrogen-bond donors (Lipinski definition) is 1. The summed E-state index contributed by atoms with van der Waals surface area (Å²) >= 11 is 1.76. The lowest BCUT2D eigenvalue weighted by molar-refractivity contribution is 0.0988. The molecule has 0 spiro atoms. The number of carbonyl (C=O) groups excluding carboxylic acids is 1. The van der Waals surface area contributed by atoms with Gasteiger partial charge >= 0.3 is 0 Å². The van der Waals surface area contributed by atoms with Crippen molar-refractivity contribution in [1.82, 2.24) is 0 Å². The number of Topliss-reactive ketones (excluding diaryl/α,β-unsaturated/α-hetero) is 1. The molecule has 2 nitrogen and oxygen atoms in total. The van der Waals surface area contributed by atoms with Gasteiger partial charge in [0.25, 0.3) is 0 Å². The molecule has 3 heteroatoms. The molecule has 2 rings (SSSR count). The third-order valence-corrected chi connectivity index (χ3v) is 3.97. The first kappa shape index (κ1) is 12.8. The van der Waals surface area contributed by atoms with Gasteiger partial charge in [-0.05, 0) is 48.2 Å². The van der Waals surface area contributed by atoms with Crippen molar-refractivity contribution in [2.75, 3.05) is 5.32 Å². The van der Waals surface area contributed by atoms with Gasteiger partial charge in [0.05, 0.1) is 0 Å². The number of rotatable bonds is 5. The number of nitrogens with one attached hydrogen (secondary N) is 1. The highest BCUT2D eigenvalue weighted by molar-refractivity contribution is 7.10. The van der Waals surface area contributed by atoms with Crippen LogP contribution in [0.4, 0.5) is 5.69 Å². The average molecular weight is 259 g/mol. The van der Waals surface area contributed by atoms with Gasteiger partial charge in [0.2, 0.25) is 0 Å². The first-order chi connectivity index (χ1) is 8.70.